The van der Waals surface area contributed by atoms with Crippen LogP contribution < -0.4 is 9.47 Å². The van der Waals surface area contributed by atoms with E-state index in [4.69, 9.17) is 9.47 Å². The van der Waals surface area contributed by atoms with E-state index in [0.29, 0.717) is 17.2 Å². The Hall–Kier alpha value is -3.51. The van der Waals surface area contributed by atoms with Crippen molar-refractivity contribution in [1.82, 2.24) is 9.78 Å². The predicted molar refractivity (Wildman–Crippen MR) is 131 cm³/mol. The number of benzene rings is 3. The molecule has 33 heavy (non-hydrogen) atoms. The molecule has 3 aromatic carbocycles. The summed E-state index contributed by atoms with van der Waals surface area (Å²) in [6, 6.07) is 24.9. The van der Waals surface area contributed by atoms with Crippen molar-refractivity contribution in [2.24, 2.45) is 0 Å². The Morgan fingerprint density at radius 3 is 2.21 bits per heavy atom. The fourth-order valence-electron chi connectivity index (χ4n) is 3.26. The summed E-state index contributed by atoms with van der Waals surface area (Å²) in [6.45, 7) is 7.90. The van der Waals surface area contributed by atoms with Crippen LogP contribution in [0.2, 0.25) is 0 Å². The predicted octanol–water partition coefficient (Wildman–Crippen LogP) is 6.65. The van der Waals surface area contributed by atoms with Gasteiger partial charge in [-0.3, -0.25) is 0 Å². The number of aromatic nitrogens is 2. The summed E-state index contributed by atoms with van der Waals surface area (Å²) in [6.07, 6.45) is 0.0624. The summed E-state index contributed by atoms with van der Waals surface area (Å²) < 4.78 is 13.3. The average molecular weight is 459 g/mol. The first-order chi connectivity index (χ1) is 15.9. The van der Waals surface area contributed by atoms with E-state index in [2.05, 4.69) is 36.3 Å². The van der Waals surface area contributed by atoms with Gasteiger partial charge in [-0.15, -0.1) is 0 Å². The van der Waals surface area contributed by atoms with Crippen molar-refractivity contribution in [3.63, 3.8) is 0 Å². The maximum absolute atomic E-state index is 13.1. The van der Waals surface area contributed by atoms with E-state index in [-0.39, 0.29) is 6.10 Å². The minimum absolute atomic E-state index is 0.0624. The highest BCUT2D eigenvalue weighted by Gasteiger charge is 2.23. The van der Waals surface area contributed by atoms with E-state index in [1.807, 2.05) is 51.1 Å². The van der Waals surface area contributed by atoms with Gasteiger partial charge in [0, 0.05) is 4.90 Å². The van der Waals surface area contributed by atoms with Crippen LogP contribution in [0, 0.1) is 13.8 Å². The van der Waals surface area contributed by atoms with Gasteiger partial charge in [0.1, 0.15) is 5.75 Å². The van der Waals surface area contributed by atoms with Crippen molar-refractivity contribution in [1.29, 1.82) is 0 Å². The zero-order valence-electron chi connectivity index (χ0n) is 19.1. The van der Waals surface area contributed by atoms with E-state index < -0.39 is 5.97 Å². The molecule has 5 nitrogen and oxygen atoms in total. The molecule has 6 heteroatoms. The zero-order valence-corrected chi connectivity index (χ0v) is 19.9. The molecular weight excluding hydrogens is 432 g/mol. The van der Waals surface area contributed by atoms with Crippen LogP contribution in [-0.4, -0.2) is 21.9 Å². The fourth-order valence-corrected chi connectivity index (χ4v) is 4.17. The standard InChI is InChI=1S/C27H26N2O3S/c1-18(2)31-23-14-12-21(13-15-23)27(30)32-26-25(33-24-16-10-19(3)11-17-24)20(4)28-29(26)22-8-6-5-7-9-22/h5-18H,1-4H3. The van der Waals surface area contributed by atoms with E-state index in [1.54, 1.807) is 28.9 Å². The first kappa shape index (κ1) is 22.7. The number of hydrogen-bond acceptors (Lipinski definition) is 5. The monoisotopic (exact) mass is 458 g/mol. The Labute approximate surface area is 198 Å². The lowest BCUT2D eigenvalue weighted by Crippen LogP contribution is -2.12. The third kappa shape index (κ3) is 5.46. The van der Waals surface area contributed by atoms with Crippen molar-refractivity contribution in [3.8, 4) is 17.3 Å². The molecule has 0 unspecified atom stereocenters. The number of carbonyl (C=O) groups excluding carboxylic acids is 1. The van der Waals surface area contributed by atoms with Crippen molar-refractivity contribution in [3.05, 3.63) is 95.7 Å². The van der Waals surface area contributed by atoms with Gasteiger partial charge in [0.2, 0.25) is 5.88 Å². The quantitative estimate of drug-likeness (QED) is 0.290. The van der Waals surface area contributed by atoms with Crippen molar-refractivity contribution < 1.29 is 14.3 Å². The maximum atomic E-state index is 13.1. The van der Waals surface area contributed by atoms with Crippen LogP contribution in [0.25, 0.3) is 5.69 Å². The van der Waals surface area contributed by atoms with E-state index in [9.17, 15) is 4.79 Å². The van der Waals surface area contributed by atoms with E-state index in [1.165, 1.54) is 17.3 Å². The molecule has 0 aliphatic carbocycles. The van der Waals surface area contributed by atoms with Gasteiger partial charge in [-0.2, -0.15) is 9.78 Å². The first-order valence-corrected chi connectivity index (χ1v) is 11.6. The van der Waals surface area contributed by atoms with Gasteiger partial charge >= 0.3 is 5.97 Å². The molecular formula is C27H26N2O3S. The van der Waals surface area contributed by atoms with Gasteiger partial charge in [0.15, 0.2) is 0 Å². The molecule has 0 N–H and O–H groups in total. The minimum Gasteiger partial charge on any atom is -0.491 e. The van der Waals surface area contributed by atoms with Gasteiger partial charge in [0.05, 0.1) is 27.9 Å². The van der Waals surface area contributed by atoms with Crippen LogP contribution >= 0.6 is 11.8 Å². The molecule has 1 heterocycles. The lowest BCUT2D eigenvalue weighted by molar-refractivity contribution is 0.0718. The summed E-state index contributed by atoms with van der Waals surface area (Å²) in [4.78, 5) is 14.9. The molecule has 4 aromatic rings. The molecule has 0 radical (unpaired) electrons. The van der Waals surface area contributed by atoms with Crippen LogP contribution in [0.4, 0.5) is 0 Å². The molecule has 168 valence electrons. The van der Waals surface area contributed by atoms with Gasteiger partial charge in [-0.05, 0) is 76.2 Å². The molecule has 0 saturated carbocycles. The lowest BCUT2D eigenvalue weighted by Gasteiger charge is -2.12. The SMILES string of the molecule is Cc1ccc(Sc2c(C)nn(-c3ccccc3)c2OC(=O)c2ccc(OC(C)C)cc2)cc1. The van der Waals surface area contributed by atoms with Crippen molar-refractivity contribution >= 4 is 17.7 Å². The van der Waals surface area contributed by atoms with E-state index >= 15 is 0 Å². The highest BCUT2D eigenvalue weighted by molar-refractivity contribution is 7.99. The molecule has 4 rings (SSSR count). The van der Waals surface area contributed by atoms with Gasteiger partial charge in [0.25, 0.3) is 0 Å². The summed E-state index contributed by atoms with van der Waals surface area (Å²) in [5, 5.41) is 4.69. The molecule has 0 atom stereocenters. The van der Waals surface area contributed by atoms with Crippen molar-refractivity contribution in [2.75, 3.05) is 0 Å². The molecule has 0 amide bonds. The number of nitrogens with zero attached hydrogens (tertiary/aromatic N) is 2. The lowest BCUT2D eigenvalue weighted by atomic mass is 10.2. The Kier molecular flexibility index (Phi) is 6.84. The smallest absolute Gasteiger partial charge is 0.344 e. The van der Waals surface area contributed by atoms with Crippen molar-refractivity contribution in [2.45, 2.75) is 43.6 Å². The number of para-hydroxylation sites is 1. The molecule has 0 spiro atoms. The Morgan fingerprint density at radius 2 is 1.58 bits per heavy atom. The van der Waals surface area contributed by atoms with Crippen LogP contribution in [-0.2, 0) is 0 Å². The normalized spacial score (nSPS) is 10.9. The Bertz CT molecular complexity index is 1230. The highest BCUT2D eigenvalue weighted by atomic mass is 32.2. The Balaban J connectivity index is 1.68. The number of aryl methyl sites for hydroxylation is 2. The second-order valence-electron chi connectivity index (χ2n) is 7.96. The number of esters is 1. The molecule has 0 bridgehead atoms. The van der Waals surface area contributed by atoms with Crippen LogP contribution in [0.15, 0.2) is 88.7 Å². The molecule has 0 saturated heterocycles. The Morgan fingerprint density at radius 1 is 0.909 bits per heavy atom. The van der Waals surface area contributed by atoms with Gasteiger partial charge in [-0.25, -0.2) is 4.79 Å². The summed E-state index contributed by atoms with van der Waals surface area (Å²) >= 11 is 1.53. The molecule has 0 fully saturated rings. The summed E-state index contributed by atoms with van der Waals surface area (Å²) in [7, 11) is 0. The van der Waals surface area contributed by atoms with E-state index in [0.717, 1.165) is 21.2 Å². The number of hydrogen-bond donors (Lipinski definition) is 0. The largest absolute Gasteiger partial charge is 0.491 e. The average Bonchev–Trinajstić information content (AvgIpc) is 3.11. The number of ether oxygens (including phenoxy) is 2. The van der Waals surface area contributed by atoms with Gasteiger partial charge < -0.3 is 9.47 Å². The van der Waals surface area contributed by atoms with Gasteiger partial charge in [-0.1, -0.05) is 47.7 Å². The summed E-state index contributed by atoms with van der Waals surface area (Å²) in [5.41, 5.74) is 3.23. The zero-order chi connectivity index (χ0) is 23.4. The van der Waals surface area contributed by atoms with Crippen LogP contribution in [0.5, 0.6) is 11.6 Å². The molecule has 0 aliphatic rings. The third-order valence-electron chi connectivity index (χ3n) is 4.86. The summed E-state index contributed by atoms with van der Waals surface area (Å²) in [5.74, 6) is 0.660. The second kappa shape index (κ2) is 9.96. The highest BCUT2D eigenvalue weighted by Crippen LogP contribution is 2.39. The molecule has 1 aromatic heterocycles. The second-order valence-corrected chi connectivity index (χ2v) is 9.05. The number of rotatable bonds is 7. The minimum atomic E-state index is -0.450. The topological polar surface area (TPSA) is 53.4 Å². The number of carbonyl (C=O) groups is 1. The third-order valence-corrected chi connectivity index (χ3v) is 6.04. The fraction of sp³-hybridized carbons (Fsp3) is 0.185. The molecule has 0 aliphatic heterocycles. The first-order valence-electron chi connectivity index (χ1n) is 10.8. The van der Waals surface area contributed by atoms with Crippen LogP contribution in [0.1, 0.15) is 35.5 Å². The maximum Gasteiger partial charge on any atom is 0.344 e. The van der Waals surface area contributed by atoms with Crippen LogP contribution in [0.3, 0.4) is 0 Å².